The first-order valence-corrected chi connectivity index (χ1v) is 13.1. The molecule has 3 aliphatic heterocycles. The monoisotopic (exact) mass is 511 g/mol. The van der Waals surface area contributed by atoms with Crippen LogP contribution in [0.2, 0.25) is 0 Å². The second-order valence-electron chi connectivity index (χ2n) is 9.66. The van der Waals surface area contributed by atoms with Gasteiger partial charge in [0, 0.05) is 36.7 Å². The summed E-state index contributed by atoms with van der Waals surface area (Å²) in [6.07, 6.45) is 1.00. The molecule has 10 nitrogen and oxygen atoms in total. The minimum atomic E-state index is -0.843. The first-order chi connectivity index (χ1) is 16.5. The largest absolute Gasteiger partial charge is 0.428 e. The zero-order valence-corrected chi connectivity index (χ0v) is 22.1. The Labute approximate surface area is 210 Å². The number of aliphatic hydroxyl groups excluding tert-OH is 1. The van der Waals surface area contributed by atoms with Crippen LogP contribution in [0.3, 0.4) is 0 Å². The number of hydrogen-bond donors (Lipinski definition) is 2. The van der Waals surface area contributed by atoms with Gasteiger partial charge in [0.05, 0.1) is 30.0 Å². The Kier molecular flexibility index (Phi) is 8.87. The average Bonchev–Trinajstić information content (AvgIpc) is 3.35. The predicted octanol–water partition coefficient (Wildman–Crippen LogP) is 1.09. The highest BCUT2D eigenvalue weighted by Crippen LogP contribution is 2.52. The van der Waals surface area contributed by atoms with Gasteiger partial charge in [-0.3, -0.25) is 14.4 Å². The van der Waals surface area contributed by atoms with E-state index in [1.165, 1.54) is 16.7 Å². The van der Waals surface area contributed by atoms with Gasteiger partial charge in [0.2, 0.25) is 18.6 Å². The van der Waals surface area contributed by atoms with Gasteiger partial charge in [-0.15, -0.1) is 11.8 Å². The second kappa shape index (κ2) is 11.3. The van der Waals surface area contributed by atoms with Crippen LogP contribution in [0, 0.1) is 17.8 Å². The van der Waals surface area contributed by atoms with Gasteiger partial charge in [-0.05, 0) is 26.2 Å². The third-order valence-corrected chi connectivity index (χ3v) is 8.65. The molecule has 2 fully saturated rings. The van der Waals surface area contributed by atoms with E-state index in [1.54, 1.807) is 25.9 Å². The number of ether oxygens (including phenoxy) is 2. The number of rotatable bonds is 10. The van der Waals surface area contributed by atoms with Crippen molar-refractivity contribution in [3.63, 3.8) is 0 Å². The predicted molar refractivity (Wildman–Crippen MR) is 130 cm³/mol. The van der Waals surface area contributed by atoms with Crippen LogP contribution in [-0.2, 0) is 28.7 Å². The maximum atomic E-state index is 13.1. The number of aliphatic hydroxyl groups is 1. The molecule has 0 aliphatic carbocycles. The lowest BCUT2D eigenvalue weighted by Gasteiger charge is -2.46. The number of likely N-dealkylation sites (N-methyl/N-ethyl adjacent to an activating group) is 1. The zero-order chi connectivity index (χ0) is 26.0. The van der Waals surface area contributed by atoms with Crippen molar-refractivity contribution in [3.05, 3.63) is 10.6 Å². The molecule has 0 radical (unpaired) electrons. The van der Waals surface area contributed by atoms with Crippen LogP contribution in [-0.4, -0.2) is 89.5 Å². The molecule has 3 rings (SSSR count). The van der Waals surface area contributed by atoms with Crippen molar-refractivity contribution in [1.29, 1.82) is 0 Å². The number of fused-ring (bicyclic) bond motifs is 1. The lowest BCUT2D eigenvalue weighted by Crippen LogP contribution is -2.63. The third kappa shape index (κ3) is 5.36. The molecular formula is C24H37N3O7S. The van der Waals surface area contributed by atoms with E-state index >= 15 is 0 Å². The van der Waals surface area contributed by atoms with Gasteiger partial charge in [-0.2, -0.15) is 0 Å². The van der Waals surface area contributed by atoms with Crippen LogP contribution in [0.1, 0.15) is 47.0 Å². The summed E-state index contributed by atoms with van der Waals surface area (Å²) in [4.78, 5) is 54.1. The van der Waals surface area contributed by atoms with Crippen molar-refractivity contribution in [2.24, 2.45) is 17.8 Å². The Morgan fingerprint density at radius 1 is 1.23 bits per heavy atom. The van der Waals surface area contributed by atoms with Crippen LogP contribution < -0.4 is 5.32 Å². The molecule has 6 atom stereocenters. The lowest BCUT2D eigenvalue weighted by molar-refractivity contribution is -0.173. The van der Waals surface area contributed by atoms with E-state index in [0.717, 1.165) is 0 Å². The molecule has 3 heterocycles. The van der Waals surface area contributed by atoms with Gasteiger partial charge in [0.1, 0.15) is 5.70 Å². The van der Waals surface area contributed by atoms with E-state index in [0.29, 0.717) is 30.7 Å². The fourth-order valence-electron chi connectivity index (χ4n) is 5.09. The summed E-state index contributed by atoms with van der Waals surface area (Å²) in [5.74, 6) is -2.52. The van der Waals surface area contributed by atoms with Gasteiger partial charge < -0.3 is 29.7 Å². The molecule has 0 bridgehead atoms. The highest BCUT2D eigenvalue weighted by atomic mass is 32.2. The van der Waals surface area contributed by atoms with Gasteiger partial charge in [-0.25, -0.2) is 4.79 Å². The summed E-state index contributed by atoms with van der Waals surface area (Å²) in [6.45, 7) is 7.34. The minimum absolute atomic E-state index is 0.00590. The summed E-state index contributed by atoms with van der Waals surface area (Å²) in [5.41, 5.74) is 0.148. The molecule has 11 heteroatoms. The average molecular weight is 512 g/mol. The van der Waals surface area contributed by atoms with Crippen molar-refractivity contribution in [2.75, 3.05) is 27.4 Å². The fraction of sp³-hybridized carbons (Fsp3) is 0.750. The molecule has 3 aliphatic rings. The number of thioether (sulfide) groups is 1. The van der Waals surface area contributed by atoms with E-state index < -0.39 is 30.8 Å². The molecule has 196 valence electrons. The molecule has 2 saturated heterocycles. The SMILES string of the molecule is CCC(CC)C(=O)OCOC(=O)C1=C(S[C@@H]2CN[C@H](C(=O)N(C)C)C2)[C@H](C)[C@@H]2[C@@H]([C@@H](C)O)C(=O)N12. The normalized spacial score (nSPS) is 28.6. The van der Waals surface area contributed by atoms with Crippen molar-refractivity contribution in [3.8, 4) is 0 Å². The van der Waals surface area contributed by atoms with Gasteiger partial charge in [-0.1, -0.05) is 20.8 Å². The maximum absolute atomic E-state index is 13.1. The summed E-state index contributed by atoms with van der Waals surface area (Å²) < 4.78 is 10.4. The molecule has 0 spiro atoms. The van der Waals surface area contributed by atoms with E-state index in [1.807, 2.05) is 20.8 Å². The van der Waals surface area contributed by atoms with Crippen molar-refractivity contribution in [2.45, 2.75) is 70.4 Å². The topological polar surface area (TPSA) is 125 Å². The van der Waals surface area contributed by atoms with E-state index in [-0.39, 0.29) is 46.7 Å². The summed E-state index contributed by atoms with van der Waals surface area (Å²) in [7, 11) is 3.42. The van der Waals surface area contributed by atoms with E-state index in [9.17, 15) is 24.3 Å². The Morgan fingerprint density at radius 3 is 2.46 bits per heavy atom. The number of amides is 2. The molecule has 2 N–H and O–H groups in total. The minimum Gasteiger partial charge on any atom is -0.428 e. The summed E-state index contributed by atoms with van der Waals surface area (Å²) in [6, 6.07) is -0.642. The van der Waals surface area contributed by atoms with Crippen LogP contribution in [0.5, 0.6) is 0 Å². The van der Waals surface area contributed by atoms with Crippen LogP contribution in [0.25, 0.3) is 0 Å². The molecule has 35 heavy (non-hydrogen) atoms. The van der Waals surface area contributed by atoms with E-state index in [4.69, 9.17) is 9.47 Å². The maximum Gasteiger partial charge on any atom is 0.358 e. The number of nitrogens with one attached hydrogen (secondary N) is 1. The quantitative estimate of drug-likeness (QED) is 0.252. The Bertz CT molecular complexity index is 886. The first kappa shape index (κ1) is 27.5. The molecule has 0 saturated carbocycles. The fourth-order valence-corrected chi connectivity index (χ4v) is 6.57. The number of nitrogens with zero attached hydrogens (tertiary/aromatic N) is 2. The van der Waals surface area contributed by atoms with Gasteiger partial charge in [0.15, 0.2) is 0 Å². The number of carbonyl (C=O) groups excluding carboxylic acids is 4. The first-order valence-electron chi connectivity index (χ1n) is 12.2. The zero-order valence-electron chi connectivity index (χ0n) is 21.3. The number of carbonyl (C=O) groups is 4. The van der Waals surface area contributed by atoms with E-state index in [2.05, 4.69) is 5.32 Å². The number of esters is 2. The number of β-lactam (4-membered cyclic amide) rings is 1. The van der Waals surface area contributed by atoms with Crippen molar-refractivity contribution in [1.82, 2.24) is 15.1 Å². The number of hydrogen-bond acceptors (Lipinski definition) is 9. The van der Waals surface area contributed by atoms with Gasteiger partial charge >= 0.3 is 11.9 Å². The smallest absolute Gasteiger partial charge is 0.358 e. The highest BCUT2D eigenvalue weighted by molar-refractivity contribution is 8.03. The lowest BCUT2D eigenvalue weighted by atomic mass is 9.79. The second-order valence-corrected chi connectivity index (χ2v) is 11.0. The van der Waals surface area contributed by atoms with Gasteiger partial charge in [0.25, 0.3) is 0 Å². The van der Waals surface area contributed by atoms with Crippen molar-refractivity contribution >= 4 is 35.5 Å². The summed E-state index contributed by atoms with van der Waals surface area (Å²) >= 11 is 1.47. The van der Waals surface area contributed by atoms with Crippen LogP contribution in [0.15, 0.2) is 10.6 Å². The molecule has 0 aromatic rings. The van der Waals surface area contributed by atoms with Crippen molar-refractivity contribution < 1.29 is 33.8 Å². The van der Waals surface area contributed by atoms with Crippen LogP contribution >= 0.6 is 11.8 Å². The Balaban J connectivity index is 1.76. The molecule has 0 aromatic carbocycles. The molecule has 0 unspecified atom stereocenters. The standard InChI is InChI=1S/C24H37N3O7S/c1-7-14(8-2)23(31)33-11-34-24(32)19-20(12(3)18-17(13(4)28)22(30)27(18)19)35-15-9-16(25-10-15)21(29)26(5)6/h12-18,25,28H,7-11H2,1-6H3/t12-,13-,15+,16+,17-,18-/m1/s1. The third-order valence-electron chi connectivity index (χ3n) is 7.14. The molecule has 0 aromatic heterocycles. The molecule has 2 amide bonds. The Hall–Kier alpha value is -2.11. The highest BCUT2D eigenvalue weighted by Gasteiger charge is 2.60. The molecular weight excluding hydrogens is 474 g/mol. The van der Waals surface area contributed by atoms with Crippen LogP contribution in [0.4, 0.5) is 0 Å². The Morgan fingerprint density at radius 2 is 1.89 bits per heavy atom. The summed E-state index contributed by atoms with van der Waals surface area (Å²) in [5, 5.41) is 13.4.